The molecule has 0 unspecified atom stereocenters. The number of nitrogens with zero attached hydrogens (tertiary/aromatic N) is 1. The summed E-state index contributed by atoms with van der Waals surface area (Å²) in [7, 11) is 1.60. The molecule has 114 valence electrons. The van der Waals surface area contributed by atoms with Crippen molar-refractivity contribution in [2.45, 2.75) is 13.8 Å². The second-order valence-corrected chi connectivity index (χ2v) is 6.02. The number of aryl methyl sites for hydroxylation is 1. The minimum atomic E-state index is -0.243. The molecule has 0 aromatic heterocycles. The van der Waals surface area contributed by atoms with Crippen molar-refractivity contribution in [1.29, 1.82) is 0 Å². The van der Waals surface area contributed by atoms with Crippen molar-refractivity contribution in [2.24, 2.45) is 5.10 Å². The Hall–Kier alpha value is -1.89. The number of ether oxygens (including phenoxy) is 1. The molecule has 0 heterocycles. The van der Waals surface area contributed by atoms with Crippen LogP contribution in [-0.4, -0.2) is 18.7 Å². The van der Waals surface area contributed by atoms with Crippen molar-refractivity contribution in [2.75, 3.05) is 7.11 Å². The van der Waals surface area contributed by atoms with Crippen molar-refractivity contribution < 1.29 is 9.53 Å². The fourth-order valence-corrected chi connectivity index (χ4v) is 2.60. The first-order valence-corrected chi connectivity index (χ1v) is 7.84. The SMILES string of the molecule is COc1ccc(C(=O)N/N=C(\C)c2ccc(C)cc2)cc1I. The quantitative estimate of drug-likeness (QED) is 0.476. The number of carbonyl (C=O) groups excluding carboxylic acids is 1. The van der Waals surface area contributed by atoms with E-state index in [-0.39, 0.29) is 5.91 Å². The average Bonchev–Trinajstić information content (AvgIpc) is 2.52. The van der Waals surface area contributed by atoms with Crippen molar-refractivity contribution in [1.82, 2.24) is 5.43 Å². The lowest BCUT2D eigenvalue weighted by atomic mass is 10.1. The van der Waals surface area contributed by atoms with Gasteiger partial charge in [0.1, 0.15) is 5.75 Å². The van der Waals surface area contributed by atoms with Gasteiger partial charge in [-0.05, 0) is 60.2 Å². The number of amides is 1. The second kappa shape index (κ2) is 7.40. The van der Waals surface area contributed by atoms with E-state index in [1.165, 1.54) is 5.56 Å². The van der Waals surface area contributed by atoms with Crippen LogP contribution in [0.15, 0.2) is 47.6 Å². The molecule has 0 aliphatic rings. The zero-order valence-electron chi connectivity index (χ0n) is 12.7. The Morgan fingerprint density at radius 2 is 1.77 bits per heavy atom. The van der Waals surface area contributed by atoms with Gasteiger partial charge in [0, 0.05) is 5.56 Å². The topological polar surface area (TPSA) is 50.7 Å². The smallest absolute Gasteiger partial charge is 0.271 e. The van der Waals surface area contributed by atoms with Gasteiger partial charge in [-0.15, -0.1) is 0 Å². The van der Waals surface area contributed by atoms with E-state index in [4.69, 9.17) is 4.74 Å². The van der Waals surface area contributed by atoms with E-state index < -0.39 is 0 Å². The zero-order valence-corrected chi connectivity index (χ0v) is 14.8. The molecule has 1 N–H and O–H groups in total. The first-order chi connectivity index (χ1) is 10.5. The number of hydrogen-bond acceptors (Lipinski definition) is 3. The number of benzene rings is 2. The van der Waals surface area contributed by atoms with Crippen LogP contribution < -0.4 is 10.2 Å². The minimum Gasteiger partial charge on any atom is -0.496 e. The highest BCUT2D eigenvalue weighted by Gasteiger charge is 2.08. The van der Waals surface area contributed by atoms with Gasteiger partial charge >= 0.3 is 0 Å². The van der Waals surface area contributed by atoms with Crippen LogP contribution in [0, 0.1) is 10.5 Å². The van der Waals surface area contributed by atoms with Gasteiger partial charge in [0.2, 0.25) is 0 Å². The standard InChI is InChI=1S/C17H17IN2O2/c1-11-4-6-13(7-5-11)12(2)19-20-17(21)14-8-9-16(22-3)15(18)10-14/h4-10H,1-3H3,(H,20,21)/b19-12+. The highest BCUT2D eigenvalue weighted by atomic mass is 127. The molecule has 1 amide bonds. The van der Waals surface area contributed by atoms with Crippen LogP contribution in [0.4, 0.5) is 0 Å². The summed E-state index contributed by atoms with van der Waals surface area (Å²) < 4.78 is 6.06. The van der Waals surface area contributed by atoms with Gasteiger partial charge in [0.15, 0.2) is 0 Å². The molecule has 0 fully saturated rings. The fourth-order valence-electron chi connectivity index (χ4n) is 1.87. The van der Waals surface area contributed by atoms with E-state index in [9.17, 15) is 4.79 Å². The van der Waals surface area contributed by atoms with E-state index in [1.807, 2.05) is 38.1 Å². The van der Waals surface area contributed by atoms with E-state index in [1.54, 1.807) is 25.3 Å². The summed E-state index contributed by atoms with van der Waals surface area (Å²) in [5.74, 6) is 0.503. The molecule has 2 aromatic rings. The molecule has 0 bridgehead atoms. The number of rotatable bonds is 4. The third-order valence-electron chi connectivity index (χ3n) is 3.21. The number of hydrogen-bond donors (Lipinski definition) is 1. The van der Waals surface area contributed by atoms with Crippen molar-refractivity contribution in [3.05, 3.63) is 62.7 Å². The van der Waals surface area contributed by atoms with Crippen LogP contribution in [0.2, 0.25) is 0 Å². The third-order valence-corrected chi connectivity index (χ3v) is 4.05. The Balaban J connectivity index is 2.10. The summed E-state index contributed by atoms with van der Waals surface area (Å²) in [6, 6.07) is 13.3. The summed E-state index contributed by atoms with van der Waals surface area (Å²) >= 11 is 2.13. The van der Waals surface area contributed by atoms with E-state index >= 15 is 0 Å². The van der Waals surface area contributed by atoms with E-state index in [0.29, 0.717) is 5.56 Å². The monoisotopic (exact) mass is 408 g/mol. The third kappa shape index (κ3) is 4.07. The Labute approximate surface area is 143 Å². The minimum absolute atomic E-state index is 0.243. The van der Waals surface area contributed by atoms with E-state index in [2.05, 4.69) is 33.1 Å². The normalized spacial score (nSPS) is 11.2. The second-order valence-electron chi connectivity index (χ2n) is 4.85. The van der Waals surface area contributed by atoms with Gasteiger partial charge in [0.25, 0.3) is 5.91 Å². The lowest BCUT2D eigenvalue weighted by Gasteiger charge is -2.06. The highest BCUT2D eigenvalue weighted by Crippen LogP contribution is 2.21. The van der Waals surface area contributed by atoms with Gasteiger partial charge in [-0.1, -0.05) is 29.8 Å². The predicted octanol–water partition coefficient (Wildman–Crippen LogP) is 3.76. The van der Waals surface area contributed by atoms with Crippen LogP contribution in [0.1, 0.15) is 28.4 Å². The molecule has 0 aliphatic heterocycles. The molecule has 0 aliphatic carbocycles. The van der Waals surface area contributed by atoms with Crippen LogP contribution in [0.3, 0.4) is 0 Å². The molecular weight excluding hydrogens is 391 g/mol. The van der Waals surface area contributed by atoms with Gasteiger partial charge in [0.05, 0.1) is 16.4 Å². The van der Waals surface area contributed by atoms with Gasteiger partial charge < -0.3 is 4.74 Å². The molecule has 5 heteroatoms. The summed E-state index contributed by atoms with van der Waals surface area (Å²) in [5, 5.41) is 4.16. The molecular formula is C17H17IN2O2. The lowest BCUT2D eigenvalue weighted by Crippen LogP contribution is -2.19. The van der Waals surface area contributed by atoms with Crippen molar-refractivity contribution in [3.63, 3.8) is 0 Å². The first-order valence-electron chi connectivity index (χ1n) is 6.76. The number of halogens is 1. The van der Waals surface area contributed by atoms with Gasteiger partial charge in [-0.3, -0.25) is 4.79 Å². The molecule has 22 heavy (non-hydrogen) atoms. The van der Waals surface area contributed by atoms with Crippen molar-refractivity contribution in [3.8, 4) is 5.75 Å². The Kier molecular flexibility index (Phi) is 5.54. The number of nitrogens with one attached hydrogen (secondary N) is 1. The molecule has 0 saturated carbocycles. The summed E-state index contributed by atoms with van der Waals surface area (Å²) in [5.41, 5.74) is 6.06. The predicted molar refractivity (Wildman–Crippen MR) is 96.6 cm³/mol. The van der Waals surface area contributed by atoms with Gasteiger partial charge in [-0.2, -0.15) is 5.10 Å². The average molecular weight is 408 g/mol. The molecule has 0 radical (unpaired) electrons. The number of methoxy groups -OCH3 is 1. The zero-order chi connectivity index (χ0) is 16.1. The highest BCUT2D eigenvalue weighted by molar-refractivity contribution is 14.1. The van der Waals surface area contributed by atoms with Crippen LogP contribution in [0.5, 0.6) is 5.75 Å². The van der Waals surface area contributed by atoms with Crippen LogP contribution in [-0.2, 0) is 0 Å². The maximum absolute atomic E-state index is 12.1. The summed E-state index contributed by atoms with van der Waals surface area (Å²) in [6.45, 7) is 3.89. The maximum Gasteiger partial charge on any atom is 0.271 e. The van der Waals surface area contributed by atoms with E-state index in [0.717, 1.165) is 20.6 Å². The molecule has 2 aromatic carbocycles. The molecule has 0 spiro atoms. The Morgan fingerprint density at radius 3 is 2.36 bits per heavy atom. The first kappa shape index (κ1) is 16.5. The Bertz CT molecular complexity index is 709. The fraction of sp³-hybridized carbons (Fsp3) is 0.176. The summed E-state index contributed by atoms with van der Waals surface area (Å²) in [6.07, 6.45) is 0. The number of hydrazone groups is 1. The van der Waals surface area contributed by atoms with Gasteiger partial charge in [-0.25, -0.2) is 5.43 Å². The molecule has 4 nitrogen and oxygen atoms in total. The van der Waals surface area contributed by atoms with Crippen LogP contribution in [0.25, 0.3) is 0 Å². The number of carbonyl (C=O) groups is 1. The molecule has 2 rings (SSSR count). The van der Waals surface area contributed by atoms with Crippen molar-refractivity contribution >= 4 is 34.2 Å². The molecule has 0 saturated heterocycles. The summed E-state index contributed by atoms with van der Waals surface area (Å²) in [4.78, 5) is 12.1. The molecule has 0 atom stereocenters. The maximum atomic E-state index is 12.1. The largest absolute Gasteiger partial charge is 0.496 e. The Morgan fingerprint density at radius 1 is 1.14 bits per heavy atom. The van der Waals surface area contributed by atoms with Crippen LogP contribution >= 0.6 is 22.6 Å². The lowest BCUT2D eigenvalue weighted by molar-refractivity contribution is 0.0954.